The first-order valence-electron chi connectivity index (χ1n) is 4.86. The van der Waals surface area contributed by atoms with Crippen LogP contribution in [-0.4, -0.2) is 35.8 Å². The maximum Gasteiger partial charge on any atom is 0.234 e. The monoisotopic (exact) mass is 180 g/mol. The van der Waals surface area contributed by atoms with Gasteiger partial charge in [0.1, 0.15) is 0 Å². The smallest absolute Gasteiger partial charge is 0.234 e. The van der Waals surface area contributed by atoms with E-state index < -0.39 is 0 Å². The Bertz CT molecular complexity index is 263. The Morgan fingerprint density at radius 2 is 1.62 bits per heavy atom. The molecule has 2 atom stereocenters. The number of rotatable bonds is 1. The van der Waals surface area contributed by atoms with Crippen molar-refractivity contribution in [1.29, 1.82) is 0 Å². The minimum absolute atomic E-state index is 0.0481. The highest BCUT2D eigenvalue weighted by atomic mass is 16.2. The van der Waals surface area contributed by atoms with Gasteiger partial charge >= 0.3 is 0 Å². The number of nitrogens with zero attached hydrogens (tertiary/aromatic N) is 1. The largest absolute Gasteiger partial charge is 0.315 e. The fourth-order valence-electron chi connectivity index (χ4n) is 2.36. The van der Waals surface area contributed by atoms with E-state index in [0.29, 0.717) is 13.1 Å². The molecule has 1 N–H and O–H groups in total. The summed E-state index contributed by atoms with van der Waals surface area (Å²) in [6, 6.07) is 0.255. The first-order valence-corrected chi connectivity index (χ1v) is 4.86. The molecule has 0 bridgehead atoms. The molecule has 0 spiro atoms. The second-order valence-electron chi connectivity index (χ2n) is 4.15. The standard InChI is InChI=1S/C9H12N2O2/c12-8-6-3-10-4-7(6)9(13)11(8)5-1-2-5/h5-7,10H,1-4H2/t6-,7-/m1/s1. The molecule has 2 heterocycles. The average molecular weight is 180 g/mol. The molecule has 2 amide bonds. The zero-order valence-electron chi connectivity index (χ0n) is 7.32. The summed E-state index contributed by atoms with van der Waals surface area (Å²) in [7, 11) is 0. The van der Waals surface area contributed by atoms with Crippen molar-refractivity contribution in [2.75, 3.05) is 13.1 Å². The minimum atomic E-state index is -0.0481. The van der Waals surface area contributed by atoms with Crippen LogP contribution in [0.4, 0.5) is 0 Å². The average Bonchev–Trinajstić information content (AvgIpc) is 2.77. The van der Waals surface area contributed by atoms with Crippen LogP contribution in [0, 0.1) is 11.8 Å². The Morgan fingerprint density at radius 1 is 1.08 bits per heavy atom. The number of hydrogen-bond donors (Lipinski definition) is 1. The van der Waals surface area contributed by atoms with Crippen LogP contribution < -0.4 is 5.32 Å². The molecule has 2 aliphatic heterocycles. The maximum atomic E-state index is 11.7. The lowest BCUT2D eigenvalue weighted by molar-refractivity contribution is -0.140. The van der Waals surface area contributed by atoms with Crippen molar-refractivity contribution in [1.82, 2.24) is 10.2 Å². The van der Waals surface area contributed by atoms with Crippen LogP contribution in [0.3, 0.4) is 0 Å². The molecule has 4 heteroatoms. The summed E-state index contributed by atoms with van der Waals surface area (Å²) in [5, 5.41) is 3.10. The maximum absolute atomic E-state index is 11.7. The van der Waals surface area contributed by atoms with E-state index >= 15 is 0 Å². The molecular weight excluding hydrogens is 168 g/mol. The summed E-state index contributed by atoms with van der Waals surface area (Å²) in [6.45, 7) is 1.39. The molecule has 2 saturated heterocycles. The van der Waals surface area contributed by atoms with Gasteiger partial charge < -0.3 is 5.32 Å². The van der Waals surface area contributed by atoms with Gasteiger partial charge in [-0.1, -0.05) is 0 Å². The van der Waals surface area contributed by atoms with Crippen LogP contribution in [0.15, 0.2) is 0 Å². The number of carbonyl (C=O) groups is 2. The van der Waals surface area contributed by atoms with Crippen molar-refractivity contribution in [3.63, 3.8) is 0 Å². The van der Waals surface area contributed by atoms with Crippen LogP contribution in [0.5, 0.6) is 0 Å². The summed E-state index contributed by atoms with van der Waals surface area (Å²) >= 11 is 0. The Labute approximate surface area is 76.3 Å². The molecule has 4 nitrogen and oxygen atoms in total. The van der Waals surface area contributed by atoms with Gasteiger partial charge in [0.25, 0.3) is 0 Å². The van der Waals surface area contributed by atoms with Crippen molar-refractivity contribution >= 4 is 11.8 Å². The molecule has 1 aliphatic carbocycles. The fraction of sp³-hybridized carbons (Fsp3) is 0.778. The van der Waals surface area contributed by atoms with Crippen LogP contribution in [0.2, 0.25) is 0 Å². The Kier molecular flexibility index (Phi) is 1.34. The first-order chi connectivity index (χ1) is 6.29. The SMILES string of the molecule is O=C1[C@@H]2CNC[C@H]2C(=O)N1C1CC1. The third kappa shape index (κ3) is 0.892. The van der Waals surface area contributed by atoms with E-state index in [9.17, 15) is 9.59 Å². The van der Waals surface area contributed by atoms with Gasteiger partial charge in [-0.25, -0.2) is 0 Å². The van der Waals surface area contributed by atoms with Crippen LogP contribution in [0.25, 0.3) is 0 Å². The van der Waals surface area contributed by atoms with Gasteiger partial charge in [0, 0.05) is 19.1 Å². The van der Waals surface area contributed by atoms with Gasteiger partial charge in [0.2, 0.25) is 11.8 Å². The van der Waals surface area contributed by atoms with E-state index in [1.165, 1.54) is 4.90 Å². The van der Waals surface area contributed by atoms with Crippen molar-refractivity contribution in [3.05, 3.63) is 0 Å². The lowest BCUT2D eigenvalue weighted by Crippen LogP contribution is -2.36. The fourth-order valence-corrected chi connectivity index (χ4v) is 2.36. The molecule has 0 aromatic carbocycles. The Hall–Kier alpha value is -0.900. The van der Waals surface area contributed by atoms with Gasteiger partial charge in [-0.2, -0.15) is 0 Å². The van der Waals surface area contributed by atoms with E-state index in [1.54, 1.807) is 0 Å². The molecule has 0 aromatic heterocycles. The third-order valence-electron chi connectivity index (χ3n) is 3.24. The number of hydrogen-bond acceptors (Lipinski definition) is 3. The van der Waals surface area contributed by atoms with Gasteiger partial charge in [-0.3, -0.25) is 14.5 Å². The number of fused-ring (bicyclic) bond motifs is 1. The summed E-state index contributed by atoms with van der Waals surface area (Å²) in [6.07, 6.45) is 2.04. The molecule has 3 aliphatic rings. The van der Waals surface area contributed by atoms with Crippen molar-refractivity contribution < 1.29 is 9.59 Å². The molecule has 0 radical (unpaired) electrons. The molecule has 1 saturated carbocycles. The molecule has 3 fully saturated rings. The summed E-state index contributed by atoms with van der Waals surface area (Å²) in [4.78, 5) is 25.0. The van der Waals surface area contributed by atoms with E-state index in [0.717, 1.165) is 12.8 Å². The van der Waals surface area contributed by atoms with Crippen LogP contribution in [-0.2, 0) is 9.59 Å². The lowest BCUT2D eigenvalue weighted by atomic mass is 10.00. The van der Waals surface area contributed by atoms with Crippen molar-refractivity contribution in [3.8, 4) is 0 Å². The first kappa shape index (κ1) is 7.50. The van der Waals surface area contributed by atoms with Gasteiger partial charge in [0.15, 0.2) is 0 Å². The number of carbonyl (C=O) groups excluding carboxylic acids is 2. The summed E-state index contributed by atoms with van der Waals surface area (Å²) in [5.74, 6) is 0.0474. The molecule has 0 unspecified atom stereocenters. The zero-order valence-corrected chi connectivity index (χ0v) is 7.32. The van der Waals surface area contributed by atoms with E-state index in [4.69, 9.17) is 0 Å². The van der Waals surface area contributed by atoms with Crippen LogP contribution >= 0.6 is 0 Å². The number of amides is 2. The predicted molar refractivity (Wildman–Crippen MR) is 44.7 cm³/mol. The molecule has 3 rings (SSSR count). The number of likely N-dealkylation sites (tertiary alicyclic amines) is 1. The molecule has 13 heavy (non-hydrogen) atoms. The predicted octanol–water partition coefficient (Wildman–Crippen LogP) is -0.647. The van der Waals surface area contributed by atoms with E-state index in [1.807, 2.05) is 0 Å². The van der Waals surface area contributed by atoms with Gasteiger partial charge in [-0.05, 0) is 12.8 Å². The normalized spacial score (nSPS) is 38.6. The van der Waals surface area contributed by atoms with Crippen LogP contribution in [0.1, 0.15) is 12.8 Å². The van der Waals surface area contributed by atoms with E-state index in [-0.39, 0.29) is 29.7 Å². The highest BCUT2D eigenvalue weighted by Gasteiger charge is 2.53. The molecule has 70 valence electrons. The quantitative estimate of drug-likeness (QED) is 0.546. The Balaban J connectivity index is 1.91. The molecular formula is C9H12N2O2. The Morgan fingerprint density at radius 3 is 2.08 bits per heavy atom. The van der Waals surface area contributed by atoms with Gasteiger partial charge in [-0.15, -0.1) is 0 Å². The molecule has 0 aromatic rings. The second-order valence-corrected chi connectivity index (χ2v) is 4.15. The highest BCUT2D eigenvalue weighted by molar-refractivity contribution is 6.06. The highest BCUT2D eigenvalue weighted by Crippen LogP contribution is 2.37. The second kappa shape index (κ2) is 2.32. The zero-order chi connectivity index (χ0) is 9.00. The third-order valence-corrected chi connectivity index (χ3v) is 3.24. The minimum Gasteiger partial charge on any atom is -0.315 e. The lowest BCUT2D eigenvalue weighted by Gasteiger charge is -2.14. The van der Waals surface area contributed by atoms with Crippen molar-refractivity contribution in [2.24, 2.45) is 11.8 Å². The number of nitrogens with one attached hydrogen (secondary N) is 1. The number of imide groups is 1. The van der Waals surface area contributed by atoms with E-state index in [2.05, 4.69) is 5.32 Å². The topological polar surface area (TPSA) is 49.4 Å². The van der Waals surface area contributed by atoms with Crippen molar-refractivity contribution in [2.45, 2.75) is 18.9 Å². The summed E-state index contributed by atoms with van der Waals surface area (Å²) < 4.78 is 0. The summed E-state index contributed by atoms with van der Waals surface area (Å²) in [5.41, 5.74) is 0. The van der Waals surface area contributed by atoms with Gasteiger partial charge in [0.05, 0.1) is 11.8 Å².